The normalized spacial score (nSPS) is 10.4. The zero-order valence-electron chi connectivity index (χ0n) is 14.1. The van der Waals surface area contributed by atoms with E-state index in [9.17, 15) is 9.18 Å². The Balaban J connectivity index is 1.49. The number of benzene rings is 2. The highest BCUT2D eigenvalue weighted by molar-refractivity contribution is 5.77. The molecule has 0 aliphatic rings. The van der Waals surface area contributed by atoms with Gasteiger partial charge in [-0.15, -0.1) is 0 Å². The second kappa shape index (κ2) is 8.15. The predicted molar refractivity (Wildman–Crippen MR) is 92.2 cm³/mol. The summed E-state index contributed by atoms with van der Waals surface area (Å²) in [5.41, 5.74) is 1.45. The Bertz CT molecular complexity index is 860. The van der Waals surface area contributed by atoms with E-state index < -0.39 is 0 Å². The Morgan fingerprint density at radius 3 is 2.50 bits per heavy atom. The van der Waals surface area contributed by atoms with E-state index in [2.05, 4.69) is 10.5 Å². The summed E-state index contributed by atoms with van der Waals surface area (Å²) in [6.45, 7) is 0.0418. The second-order valence-corrected chi connectivity index (χ2v) is 5.43. The van der Waals surface area contributed by atoms with Gasteiger partial charge in [0.1, 0.15) is 23.0 Å². The molecule has 26 heavy (non-hydrogen) atoms. The van der Waals surface area contributed by atoms with Crippen molar-refractivity contribution in [3.63, 3.8) is 0 Å². The lowest BCUT2D eigenvalue weighted by Gasteiger charge is -2.06. The highest BCUT2D eigenvalue weighted by atomic mass is 19.1. The van der Waals surface area contributed by atoms with Gasteiger partial charge < -0.3 is 19.3 Å². The Hall–Kier alpha value is -3.35. The zero-order chi connectivity index (χ0) is 18.4. The van der Waals surface area contributed by atoms with Crippen molar-refractivity contribution in [2.45, 2.75) is 6.54 Å². The number of carbonyl (C=O) groups excluding carboxylic acids is 1. The lowest BCUT2D eigenvalue weighted by molar-refractivity contribution is -0.123. The van der Waals surface area contributed by atoms with Crippen LogP contribution in [0.2, 0.25) is 0 Å². The molecule has 7 heteroatoms. The highest BCUT2D eigenvalue weighted by Crippen LogP contribution is 2.23. The molecule has 1 aromatic heterocycles. The van der Waals surface area contributed by atoms with E-state index in [0.717, 1.165) is 11.3 Å². The summed E-state index contributed by atoms with van der Waals surface area (Å²) in [6.07, 6.45) is 0. The molecule has 1 N–H and O–H groups in total. The minimum Gasteiger partial charge on any atom is -0.497 e. The van der Waals surface area contributed by atoms with Crippen LogP contribution in [0.3, 0.4) is 0 Å². The van der Waals surface area contributed by atoms with Crippen molar-refractivity contribution < 1.29 is 23.2 Å². The molecule has 0 saturated carbocycles. The molecule has 1 heterocycles. The van der Waals surface area contributed by atoms with Gasteiger partial charge in [-0.05, 0) is 48.5 Å². The van der Waals surface area contributed by atoms with Gasteiger partial charge in [0.25, 0.3) is 5.91 Å². The molecule has 3 rings (SSSR count). The van der Waals surface area contributed by atoms with Crippen molar-refractivity contribution in [3.8, 4) is 22.8 Å². The van der Waals surface area contributed by atoms with Gasteiger partial charge >= 0.3 is 0 Å². The van der Waals surface area contributed by atoms with Gasteiger partial charge in [0.05, 0.1) is 13.7 Å². The maximum Gasteiger partial charge on any atom is 0.258 e. The van der Waals surface area contributed by atoms with E-state index >= 15 is 0 Å². The summed E-state index contributed by atoms with van der Waals surface area (Å²) in [5, 5.41) is 6.61. The summed E-state index contributed by atoms with van der Waals surface area (Å²) < 4.78 is 28.5. The van der Waals surface area contributed by atoms with Crippen LogP contribution in [0, 0.1) is 5.82 Å². The molecule has 0 saturated heterocycles. The number of aromatic nitrogens is 1. The van der Waals surface area contributed by atoms with Gasteiger partial charge in [-0.1, -0.05) is 5.16 Å². The number of nitrogens with one attached hydrogen (secondary N) is 1. The van der Waals surface area contributed by atoms with E-state index in [1.165, 1.54) is 24.3 Å². The molecule has 0 bridgehead atoms. The van der Waals surface area contributed by atoms with E-state index in [1.807, 2.05) is 24.3 Å². The molecule has 0 unspecified atom stereocenters. The van der Waals surface area contributed by atoms with Crippen LogP contribution in [0.4, 0.5) is 4.39 Å². The average Bonchev–Trinajstić information content (AvgIpc) is 3.15. The van der Waals surface area contributed by atoms with Crippen molar-refractivity contribution in [1.82, 2.24) is 10.5 Å². The van der Waals surface area contributed by atoms with Gasteiger partial charge in [0, 0.05) is 11.6 Å². The Kier molecular flexibility index (Phi) is 5.48. The van der Waals surface area contributed by atoms with Crippen LogP contribution in [0.15, 0.2) is 59.1 Å². The fraction of sp³-hybridized carbons (Fsp3) is 0.158. The number of nitrogens with zero attached hydrogens (tertiary/aromatic N) is 1. The van der Waals surface area contributed by atoms with Gasteiger partial charge in [-0.25, -0.2) is 4.39 Å². The van der Waals surface area contributed by atoms with Crippen molar-refractivity contribution in [2.24, 2.45) is 0 Å². The van der Waals surface area contributed by atoms with Gasteiger partial charge in [0.2, 0.25) is 0 Å². The minimum absolute atomic E-state index is 0.172. The van der Waals surface area contributed by atoms with Gasteiger partial charge in [0.15, 0.2) is 12.4 Å². The van der Waals surface area contributed by atoms with E-state index in [-0.39, 0.29) is 24.9 Å². The number of carbonyl (C=O) groups is 1. The van der Waals surface area contributed by atoms with E-state index in [0.29, 0.717) is 17.2 Å². The Labute approximate surface area is 149 Å². The predicted octanol–water partition coefficient (Wildman–Crippen LogP) is 3.18. The zero-order valence-corrected chi connectivity index (χ0v) is 14.1. The number of methoxy groups -OCH3 is 1. The summed E-state index contributed by atoms with van der Waals surface area (Å²) in [6, 6.07) is 14.6. The first-order chi connectivity index (χ1) is 12.6. The lowest BCUT2D eigenvalue weighted by Crippen LogP contribution is -2.28. The van der Waals surface area contributed by atoms with Crippen molar-refractivity contribution in [1.29, 1.82) is 0 Å². The van der Waals surface area contributed by atoms with Crippen LogP contribution in [-0.2, 0) is 11.3 Å². The third kappa shape index (κ3) is 4.60. The molecule has 3 aromatic rings. The summed E-state index contributed by atoms with van der Waals surface area (Å²) >= 11 is 0. The standard InChI is InChI=1S/C19H17FN2O4/c1-24-16-6-2-13(3-7-16)18-10-15(22-26-18)11-21-19(23)12-25-17-8-4-14(20)5-9-17/h2-10H,11-12H2,1H3,(H,21,23). The first kappa shape index (κ1) is 17.5. The number of rotatable bonds is 7. The molecular weight excluding hydrogens is 339 g/mol. The molecule has 0 spiro atoms. The van der Waals surface area contributed by atoms with Crippen LogP contribution < -0.4 is 14.8 Å². The maximum atomic E-state index is 12.8. The monoisotopic (exact) mass is 356 g/mol. The van der Waals surface area contributed by atoms with Crippen molar-refractivity contribution in [2.75, 3.05) is 13.7 Å². The van der Waals surface area contributed by atoms with Crippen LogP contribution >= 0.6 is 0 Å². The van der Waals surface area contributed by atoms with Gasteiger partial charge in [-0.2, -0.15) is 0 Å². The van der Waals surface area contributed by atoms with Crippen molar-refractivity contribution >= 4 is 5.91 Å². The number of hydrogen-bond donors (Lipinski definition) is 1. The SMILES string of the molecule is COc1ccc(-c2cc(CNC(=O)COc3ccc(F)cc3)no2)cc1. The second-order valence-electron chi connectivity index (χ2n) is 5.43. The molecule has 0 fully saturated rings. The Morgan fingerprint density at radius 2 is 1.81 bits per heavy atom. The van der Waals surface area contributed by atoms with Crippen LogP contribution in [-0.4, -0.2) is 24.8 Å². The third-order valence-electron chi connectivity index (χ3n) is 3.58. The van der Waals surface area contributed by atoms with E-state index in [4.69, 9.17) is 14.0 Å². The topological polar surface area (TPSA) is 73.6 Å². The van der Waals surface area contributed by atoms with Crippen LogP contribution in [0.1, 0.15) is 5.69 Å². The van der Waals surface area contributed by atoms with Crippen LogP contribution in [0.25, 0.3) is 11.3 Å². The molecule has 1 amide bonds. The molecule has 0 aliphatic carbocycles. The quantitative estimate of drug-likeness (QED) is 0.704. The summed E-state index contributed by atoms with van der Waals surface area (Å²) in [5.74, 6) is 1.09. The molecule has 0 atom stereocenters. The third-order valence-corrected chi connectivity index (χ3v) is 3.58. The first-order valence-corrected chi connectivity index (χ1v) is 7.89. The maximum absolute atomic E-state index is 12.8. The number of hydrogen-bond acceptors (Lipinski definition) is 5. The minimum atomic E-state index is -0.361. The lowest BCUT2D eigenvalue weighted by atomic mass is 10.1. The molecule has 0 aliphatic heterocycles. The van der Waals surface area contributed by atoms with Crippen molar-refractivity contribution in [3.05, 3.63) is 66.1 Å². The number of ether oxygens (including phenoxy) is 2. The fourth-order valence-corrected chi connectivity index (χ4v) is 2.21. The fourth-order valence-electron chi connectivity index (χ4n) is 2.21. The van der Waals surface area contributed by atoms with Gasteiger partial charge in [-0.3, -0.25) is 4.79 Å². The molecular formula is C19H17FN2O4. The summed E-state index contributed by atoms with van der Waals surface area (Å²) in [4.78, 5) is 11.8. The van der Waals surface area contributed by atoms with E-state index in [1.54, 1.807) is 13.2 Å². The average molecular weight is 356 g/mol. The number of amides is 1. The first-order valence-electron chi connectivity index (χ1n) is 7.89. The highest BCUT2D eigenvalue weighted by Gasteiger charge is 2.09. The largest absolute Gasteiger partial charge is 0.497 e. The molecule has 2 aromatic carbocycles. The summed E-state index contributed by atoms with van der Waals surface area (Å²) in [7, 11) is 1.60. The van der Waals surface area contributed by atoms with Crippen LogP contribution in [0.5, 0.6) is 11.5 Å². The number of halogens is 1. The molecule has 6 nitrogen and oxygen atoms in total. The Morgan fingerprint density at radius 1 is 1.12 bits per heavy atom. The smallest absolute Gasteiger partial charge is 0.258 e. The molecule has 0 radical (unpaired) electrons. The molecule has 134 valence electrons.